The fraction of sp³-hybridized carbons (Fsp3) is 0.588. The van der Waals surface area contributed by atoms with Crippen molar-refractivity contribution in [1.82, 2.24) is 4.90 Å². The van der Waals surface area contributed by atoms with Gasteiger partial charge in [-0.25, -0.2) is 0 Å². The zero-order valence-electron chi connectivity index (χ0n) is 15.1. The van der Waals surface area contributed by atoms with E-state index in [2.05, 4.69) is 24.1 Å². The average molecular weight is 350 g/mol. The second kappa shape index (κ2) is 7.37. The van der Waals surface area contributed by atoms with Gasteiger partial charge in [-0.05, 0) is 24.8 Å². The standard InChI is InChI=1S/C17H26N4O4/c1-11(20-8-7-15(18)17(2,3)10-20)16(22)19-13-9-12(21(23)24)5-6-14(13)25-4/h5-6,9,11,15H,7-8,10,18H2,1-4H3,(H,19,22). The lowest BCUT2D eigenvalue weighted by Gasteiger charge is -2.44. The highest BCUT2D eigenvalue weighted by Gasteiger charge is 2.36. The number of ether oxygens (including phenoxy) is 1. The molecule has 1 aliphatic heterocycles. The number of hydrogen-bond acceptors (Lipinski definition) is 6. The number of hydrogen-bond donors (Lipinski definition) is 2. The molecule has 1 saturated heterocycles. The van der Waals surface area contributed by atoms with Crippen LogP contribution in [0.4, 0.5) is 11.4 Å². The molecule has 25 heavy (non-hydrogen) atoms. The number of methoxy groups -OCH3 is 1. The van der Waals surface area contributed by atoms with Crippen molar-refractivity contribution < 1.29 is 14.5 Å². The summed E-state index contributed by atoms with van der Waals surface area (Å²) in [5.41, 5.74) is 6.27. The lowest BCUT2D eigenvalue weighted by atomic mass is 9.79. The van der Waals surface area contributed by atoms with Gasteiger partial charge in [0, 0.05) is 31.3 Å². The van der Waals surface area contributed by atoms with Gasteiger partial charge >= 0.3 is 0 Å². The molecule has 0 radical (unpaired) electrons. The number of carbonyl (C=O) groups excluding carboxylic acids is 1. The van der Waals surface area contributed by atoms with Crippen LogP contribution in [0.5, 0.6) is 5.75 Å². The molecule has 138 valence electrons. The summed E-state index contributed by atoms with van der Waals surface area (Å²) in [6.45, 7) is 7.47. The summed E-state index contributed by atoms with van der Waals surface area (Å²) in [5.74, 6) is 0.150. The van der Waals surface area contributed by atoms with Gasteiger partial charge in [0.15, 0.2) is 0 Å². The Hall–Kier alpha value is -2.19. The van der Waals surface area contributed by atoms with Crippen LogP contribution in [0.1, 0.15) is 27.2 Å². The van der Waals surface area contributed by atoms with E-state index in [4.69, 9.17) is 10.5 Å². The fourth-order valence-corrected chi connectivity index (χ4v) is 3.06. The van der Waals surface area contributed by atoms with E-state index in [9.17, 15) is 14.9 Å². The minimum Gasteiger partial charge on any atom is -0.495 e. The van der Waals surface area contributed by atoms with Crippen LogP contribution < -0.4 is 15.8 Å². The highest BCUT2D eigenvalue weighted by molar-refractivity contribution is 5.96. The molecular weight excluding hydrogens is 324 g/mol. The van der Waals surface area contributed by atoms with Crippen molar-refractivity contribution in [3.05, 3.63) is 28.3 Å². The van der Waals surface area contributed by atoms with Crippen molar-refractivity contribution in [2.45, 2.75) is 39.3 Å². The molecule has 1 amide bonds. The molecule has 2 atom stereocenters. The Balaban J connectivity index is 2.13. The van der Waals surface area contributed by atoms with Gasteiger partial charge in [-0.15, -0.1) is 0 Å². The molecule has 0 saturated carbocycles. The largest absolute Gasteiger partial charge is 0.495 e. The first kappa shape index (κ1) is 19.1. The molecule has 1 fully saturated rings. The van der Waals surface area contributed by atoms with Gasteiger partial charge in [0.1, 0.15) is 5.75 Å². The second-order valence-electron chi connectivity index (χ2n) is 7.16. The van der Waals surface area contributed by atoms with Crippen LogP contribution in [0.25, 0.3) is 0 Å². The van der Waals surface area contributed by atoms with Gasteiger partial charge in [0.25, 0.3) is 5.69 Å². The van der Waals surface area contributed by atoms with E-state index < -0.39 is 4.92 Å². The van der Waals surface area contributed by atoms with Gasteiger partial charge < -0.3 is 15.8 Å². The third-order valence-electron chi connectivity index (χ3n) is 4.92. The highest BCUT2D eigenvalue weighted by Crippen LogP contribution is 2.31. The summed E-state index contributed by atoms with van der Waals surface area (Å²) in [5, 5.41) is 13.7. The number of non-ortho nitro benzene ring substituents is 1. The molecule has 2 unspecified atom stereocenters. The summed E-state index contributed by atoms with van der Waals surface area (Å²) in [6.07, 6.45) is 0.824. The number of nitro benzene ring substituents is 1. The third kappa shape index (κ3) is 4.26. The summed E-state index contributed by atoms with van der Waals surface area (Å²) >= 11 is 0. The maximum absolute atomic E-state index is 12.6. The van der Waals surface area contributed by atoms with Gasteiger partial charge in [-0.2, -0.15) is 0 Å². The van der Waals surface area contributed by atoms with Crippen LogP contribution in [0.2, 0.25) is 0 Å². The number of piperidine rings is 1. The van der Waals surface area contributed by atoms with E-state index in [-0.39, 0.29) is 29.1 Å². The molecule has 1 aliphatic rings. The molecule has 1 aromatic rings. The predicted molar refractivity (Wildman–Crippen MR) is 95.7 cm³/mol. The maximum atomic E-state index is 12.6. The monoisotopic (exact) mass is 350 g/mol. The first-order chi connectivity index (χ1) is 11.7. The Labute approximate surface area is 147 Å². The summed E-state index contributed by atoms with van der Waals surface area (Å²) < 4.78 is 5.19. The number of nitrogens with two attached hydrogens (primary N) is 1. The van der Waals surface area contributed by atoms with Crippen LogP contribution in [-0.4, -0.2) is 48.0 Å². The van der Waals surface area contributed by atoms with E-state index in [1.165, 1.54) is 25.3 Å². The third-order valence-corrected chi connectivity index (χ3v) is 4.92. The molecule has 0 spiro atoms. The summed E-state index contributed by atoms with van der Waals surface area (Å²) in [6, 6.07) is 3.85. The SMILES string of the molecule is COc1ccc([N+](=O)[O-])cc1NC(=O)C(C)N1CCC(N)C(C)(C)C1. The van der Waals surface area contributed by atoms with Crippen LogP contribution in [-0.2, 0) is 4.79 Å². The van der Waals surface area contributed by atoms with E-state index >= 15 is 0 Å². The fourth-order valence-electron chi connectivity index (χ4n) is 3.06. The summed E-state index contributed by atoms with van der Waals surface area (Å²) in [4.78, 5) is 25.2. The Kier molecular flexibility index (Phi) is 5.64. The molecule has 3 N–H and O–H groups in total. The zero-order valence-corrected chi connectivity index (χ0v) is 15.1. The quantitative estimate of drug-likeness (QED) is 0.620. The van der Waals surface area contributed by atoms with Crippen LogP contribution in [0.3, 0.4) is 0 Å². The smallest absolute Gasteiger partial charge is 0.271 e. The molecule has 0 bridgehead atoms. The molecule has 0 aliphatic carbocycles. The minimum absolute atomic E-state index is 0.0734. The van der Waals surface area contributed by atoms with Crippen LogP contribution in [0, 0.1) is 15.5 Å². The zero-order chi connectivity index (χ0) is 18.8. The lowest BCUT2D eigenvalue weighted by Crippen LogP contribution is -2.56. The molecule has 8 nitrogen and oxygen atoms in total. The number of nitrogens with zero attached hydrogens (tertiary/aromatic N) is 2. The number of rotatable bonds is 5. The number of carbonyl (C=O) groups is 1. The van der Waals surface area contributed by atoms with Crippen molar-refractivity contribution in [2.75, 3.05) is 25.5 Å². The van der Waals surface area contributed by atoms with E-state index in [0.717, 1.165) is 19.5 Å². The normalized spacial score (nSPS) is 21.4. The highest BCUT2D eigenvalue weighted by atomic mass is 16.6. The van der Waals surface area contributed by atoms with Crippen molar-refractivity contribution in [3.63, 3.8) is 0 Å². The van der Waals surface area contributed by atoms with Crippen molar-refractivity contribution in [1.29, 1.82) is 0 Å². The molecule has 1 heterocycles. The van der Waals surface area contributed by atoms with Crippen molar-refractivity contribution >= 4 is 17.3 Å². The average Bonchev–Trinajstić information content (AvgIpc) is 2.56. The Morgan fingerprint density at radius 2 is 2.20 bits per heavy atom. The van der Waals surface area contributed by atoms with Gasteiger partial charge in [0.05, 0.1) is 23.8 Å². The second-order valence-corrected chi connectivity index (χ2v) is 7.16. The molecule has 0 aromatic heterocycles. The lowest BCUT2D eigenvalue weighted by molar-refractivity contribution is -0.384. The van der Waals surface area contributed by atoms with E-state index in [0.29, 0.717) is 11.4 Å². The molecule has 2 rings (SSSR count). The Morgan fingerprint density at radius 3 is 2.76 bits per heavy atom. The van der Waals surface area contributed by atoms with Crippen LogP contribution >= 0.6 is 0 Å². The van der Waals surface area contributed by atoms with Gasteiger partial charge in [-0.3, -0.25) is 19.8 Å². The van der Waals surface area contributed by atoms with Gasteiger partial charge in [-0.1, -0.05) is 13.8 Å². The number of likely N-dealkylation sites (tertiary alicyclic amines) is 1. The summed E-state index contributed by atoms with van der Waals surface area (Å²) in [7, 11) is 1.45. The van der Waals surface area contributed by atoms with E-state index in [1.807, 2.05) is 6.92 Å². The molecule has 1 aromatic carbocycles. The molecule has 8 heteroatoms. The number of nitrogens with one attached hydrogen (secondary N) is 1. The number of amides is 1. The predicted octanol–water partition coefficient (Wildman–Crippen LogP) is 1.99. The topological polar surface area (TPSA) is 111 Å². The maximum Gasteiger partial charge on any atom is 0.271 e. The van der Waals surface area contributed by atoms with Crippen LogP contribution in [0.15, 0.2) is 18.2 Å². The number of anilines is 1. The first-order valence-electron chi connectivity index (χ1n) is 8.28. The Bertz CT molecular complexity index is 662. The molecular formula is C17H26N4O4. The number of benzene rings is 1. The Morgan fingerprint density at radius 1 is 1.52 bits per heavy atom. The van der Waals surface area contributed by atoms with Crippen molar-refractivity contribution in [2.24, 2.45) is 11.1 Å². The van der Waals surface area contributed by atoms with E-state index in [1.54, 1.807) is 0 Å². The number of nitro groups is 1. The first-order valence-corrected chi connectivity index (χ1v) is 8.28. The minimum atomic E-state index is -0.507. The van der Waals surface area contributed by atoms with Gasteiger partial charge in [0.2, 0.25) is 5.91 Å². The van der Waals surface area contributed by atoms with Crippen molar-refractivity contribution in [3.8, 4) is 5.75 Å².